The molecule has 2 atom stereocenters. The molecule has 0 saturated heterocycles. The molecule has 0 bridgehead atoms. The minimum Gasteiger partial charge on any atom is -0.379 e. The summed E-state index contributed by atoms with van der Waals surface area (Å²) in [7, 11) is 1.95. The molecule has 38 heavy (non-hydrogen) atoms. The Hall–Kier alpha value is -3.96. The lowest BCUT2D eigenvalue weighted by molar-refractivity contribution is -0.138. The van der Waals surface area contributed by atoms with Crippen molar-refractivity contribution in [2.45, 2.75) is 18.9 Å². The first-order valence-corrected chi connectivity index (χ1v) is 12.3. The molecule has 4 N–H and O–H groups in total. The molecule has 0 saturated carbocycles. The minimum atomic E-state index is -0.969. The van der Waals surface area contributed by atoms with Crippen LogP contribution in [0.3, 0.4) is 0 Å². The molecule has 1 aromatic rings. The Morgan fingerprint density at radius 3 is 2.11 bits per heavy atom. The number of carbonyl (C=O) groups is 7. The Balaban J connectivity index is 1.65. The molecule has 0 aliphatic carbocycles. The summed E-state index contributed by atoms with van der Waals surface area (Å²) in [5, 5.41) is 9.71. The van der Waals surface area contributed by atoms with E-state index in [0.717, 1.165) is 10.5 Å². The molecule has 0 fully saturated rings. The van der Waals surface area contributed by atoms with Gasteiger partial charge < -0.3 is 26.0 Å². The highest BCUT2D eigenvalue weighted by atomic mass is 31.0. The maximum absolute atomic E-state index is 12.5. The molecule has 0 radical (unpaired) electrons. The van der Waals surface area contributed by atoms with E-state index in [0.29, 0.717) is 0 Å². The number of hydrogen-bond donors (Lipinski definition) is 4. The van der Waals surface area contributed by atoms with Gasteiger partial charge in [0.05, 0.1) is 39.4 Å². The van der Waals surface area contributed by atoms with Crippen molar-refractivity contribution in [3.63, 3.8) is 0 Å². The summed E-state index contributed by atoms with van der Waals surface area (Å²) in [6, 6.07) is 7.99. The standard InChI is InChI=1S/C24H30N5O8P/c30-18(8-10-37-11-9-29-21(33)6-7-22(29)34)25-13-19(31)26-14-20(32)28-17(24(36)27-15-23(35)38)12-16-4-2-1-3-5-16/h1-7,17H,8-15,38H2,(H,25,30)(H,26,31)(H,27,36)(H,28,32)/t17-/m0/s1. The van der Waals surface area contributed by atoms with E-state index in [2.05, 4.69) is 21.3 Å². The number of carbonyl (C=O) groups excluding carboxylic acids is 7. The highest BCUT2D eigenvalue weighted by Crippen LogP contribution is 2.04. The van der Waals surface area contributed by atoms with Crippen LogP contribution in [0.5, 0.6) is 0 Å². The summed E-state index contributed by atoms with van der Waals surface area (Å²) in [4.78, 5) is 83.6. The third-order valence-corrected chi connectivity index (χ3v) is 5.30. The van der Waals surface area contributed by atoms with Gasteiger partial charge >= 0.3 is 0 Å². The van der Waals surface area contributed by atoms with E-state index in [1.165, 1.54) is 12.2 Å². The fourth-order valence-electron chi connectivity index (χ4n) is 3.18. The number of hydrogen-bond acceptors (Lipinski definition) is 8. The van der Waals surface area contributed by atoms with E-state index in [1.807, 2.05) is 15.3 Å². The lowest BCUT2D eigenvalue weighted by Crippen LogP contribution is -2.51. The molecule has 0 spiro atoms. The number of rotatable bonds is 16. The Morgan fingerprint density at radius 2 is 1.45 bits per heavy atom. The van der Waals surface area contributed by atoms with Gasteiger partial charge in [-0.25, -0.2) is 0 Å². The highest BCUT2D eigenvalue weighted by Gasteiger charge is 2.23. The zero-order valence-electron chi connectivity index (χ0n) is 20.6. The van der Waals surface area contributed by atoms with Crippen LogP contribution in [-0.4, -0.2) is 91.3 Å². The molecule has 1 aromatic carbocycles. The predicted molar refractivity (Wildman–Crippen MR) is 137 cm³/mol. The van der Waals surface area contributed by atoms with Crippen LogP contribution >= 0.6 is 9.24 Å². The first-order valence-electron chi connectivity index (χ1n) is 11.7. The third-order valence-electron chi connectivity index (χ3n) is 5.10. The van der Waals surface area contributed by atoms with Crippen molar-refractivity contribution in [2.24, 2.45) is 0 Å². The molecule has 1 unspecified atom stereocenters. The molecular weight excluding hydrogens is 517 g/mol. The van der Waals surface area contributed by atoms with E-state index in [1.54, 1.807) is 24.3 Å². The van der Waals surface area contributed by atoms with Crippen molar-refractivity contribution in [2.75, 3.05) is 39.4 Å². The lowest BCUT2D eigenvalue weighted by atomic mass is 10.1. The summed E-state index contributed by atoms with van der Waals surface area (Å²) in [6.45, 7) is -0.853. The Labute approximate surface area is 221 Å². The van der Waals surface area contributed by atoms with E-state index >= 15 is 0 Å². The van der Waals surface area contributed by atoms with Crippen LogP contribution < -0.4 is 21.3 Å². The number of imide groups is 1. The van der Waals surface area contributed by atoms with Gasteiger partial charge in [0.2, 0.25) is 23.6 Å². The molecule has 1 aliphatic rings. The average Bonchev–Trinajstić information content (AvgIpc) is 3.21. The number of amides is 6. The van der Waals surface area contributed by atoms with Gasteiger partial charge in [-0.05, 0) is 5.56 Å². The van der Waals surface area contributed by atoms with E-state index in [-0.39, 0.29) is 51.2 Å². The second-order valence-electron chi connectivity index (χ2n) is 8.07. The van der Waals surface area contributed by atoms with Crippen molar-refractivity contribution in [1.29, 1.82) is 0 Å². The van der Waals surface area contributed by atoms with Crippen molar-refractivity contribution < 1.29 is 38.3 Å². The molecule has 0 aromatic heterocycles. The van der Waals surface area contributed by atoms with Gasteiger partial charge in [-0.2, -0.15) is 0 Å². The molecule has 13 nitrogen and oxygen atoms in total. The van der Waals surface area contributed by atoms with Crippen molar-refractivity contribution in [3.8, 4) is 0 Å². The Morgan fingerprint density at radius 1 is 0.816 bits per heavy atom. The fraction of sp³-hybridized carbons (Fsp3) is 0.375. The quantitative estimate of drug-likeness (QED) is 0.102. The summed E-state index contributed by atoms with van der Waals surface area (Å²) in [5.41, 5.74) is 0.465. The van der Waals surface area contributed by atoms with Gasteiger partial charge in [-0.15, -0.1) is 0 Å². The Bertz CT molecular complexity index is 1060. The number of ether oxygens (including phenoxy) is 1. The Kier molecular flexibility index (Phi) is 12.7. The van der Waals surface area contributed by atoms with Crippen LogP contribution in [0.2, 0.25) is 0 Å². The maximum Gasteiger partial charge on any atom is 0.253 e. The van der Waals surface area contributed by atoms with Crippen LogP contribution in [0.4, 0.5) is 0 Å². The van der Waals surface area contributed by atoms with Gasteiger partial charge in [0.15, 0.2) is 5.52 Å². The van der Waals surface area contributed by atoms with Crippen molar-refractivity contribution in [1.82, 2.24) is 26.2 Å². The highest BCUT2D eigenvalue weighted by molar-refractivity contribution is 7.40. The van der Waals surface area contributed by atoms with Crippen molar-refractivity contribution in [3.05, 3.63) is 48.0 Å². The number of nitrogens with zero attached hydrogens (tertiary/aromatic N) is 1. The molecule has 2 rings (SSSR count). The topological polar surface area (TPSA) is 180 Å². The number of benzene rings is 1. The molecule has 1 aliphatic heterocycles. The first-order chi connectivity index (χ1) is 18.2. The lowest BCUT2D eigenvalue weighted by Gasteiger charge is -2.18. The van der Waals surface area contributed by atoms with Gasteiger partial charge in [0.1, 0.15) is 6.04 Å². The summed E-state index contributed by atoms with van der Waals surface area (Å²) in [5.74, 6) is -3.10. The summed E-state index contributed by atoms with van der Waals surface area (Å²) in [6.07, 6.45) is 2.46. The second-order valence-corrected chi connectivity index (χ2v) is 8.72. The number of nitrogens with one attached hydrogen (secondary N) is 4. The zero-order valence-corrected chi connectivity index (χ0v) is 21.7. The normalized spacial score (nSPS) is 13.1. The molecule has 204 valence electrons. The first kappa shape index (κ1) is 30.3. The third kappa shape index (κ3) is 11.4. The minimum absolute atomic E-state index is 0.0205. The van der Waals surface area contributed by atoms with Gasteiger partial charge in [0.25, 0.3) is 11.8 Å². The summed E-state index contributed by atoms with van der Waals surface area (Å²) >= 11 is 0. The SMILES string of the molecule is O=C(P)CNC(=O)[C@H](Cc1ccccc1)NC(=O)CNC(=O)CNC(=O)CCOCCN1C(=O)C=CC1=O. The fourth-order valence-corrected chi connectivity index (χ4v) is 3.29. The maximum atomic E-state index is 12.5. The molecule has 1 heterocycles. The summed E-state index contributed by atoms with van der Waals surface area (Å²) < 4.78 is 5.24. The van der Waals surface area contributed by atoms with E-state index < -0.39 is 48.0 Å². The van der Waals surface area contributed by atoms with E-state index in [4.69, 9.17) is 4.74 Å². The van der Waals surface area contributed by atoms with Crippen LogP contribution in [0.25, 0.3) is 0 Å². The van der Waals surface area contributed by atoms with Crippen LogP contribution in [-0.2, 0) is 44.7 Å². The largest absolute Gasteiger partial charge is 0.379 e. The van der Waals surface area contributed by atoms with Gasteiger partial charge in [0, 0.05) is 25.0 Å². The average molecular weight is 548 g/mol. The molecular formula is C24H30N5O8P. The molecule has 6 amide bonds. The molecule has 14 heteroatoms. The predicted octanol–water partition coefficient (Wildman–Crippen LogP) is -2.20. The second kappa shape index (κ2) is 16.0. The van der Waals surface area contributed by atoms with E-state index in [9.17, 15) is 33.6 Å². The van der Waals surface area contributed by atoms with Gasteiger partial charge in [-0.1, -0.05) is 39.6 Å². The van der Waals surface area contributed by atoms with Crippen molar-refractivity contribution >= 4 is 50.2 Å². The zero-order chi connectivity index (χ0) is 27.9. The van der Waals surface area contributed by atoms with Crippen LogP contribution in [0, 0.1) is 0 Å². The van der Waals surface area contributed by atoms with Crippen LogP contribution in [0.15, 0.2) is 42.5 Å². The monoisotopic (exact) mass is 547 g/mol. The van der Waals surface area contributed by atoms with Gasteiger partial charge in [-0.3, -0.25) is 38.5 Å². The smallest absolute Gasteiger partial charge is 0.253 e. The van der Waals surface area contributed by atoms with Crippen LogP contribution in [0.1, 0.15) is 12.0 Å².